The first-order valence-corrected chi connectivity index (χ1v) is 6.55. The Bertz CT molecular complexity index is 682. The quantitative estimate of drug-likeness (QED) is 0.861. The number of rotatable bonds is 5. The molecular weight excluding hydrogens is 293 g/mol. The molecule has 1 heterocycles. The number of ketones is 1. The van der Waals surface area contributed by atoms with Crippen LogP contribution in [0.5, 0.6) is 0 Å². The number of nitrogens with zero attached hydrogens (tertiary/aromatic N) is 1. The lowest BCUT2D eigenvalue weighted by Gasteiger charge is -2.26. The van der Waals surface area contributed by atoms with Gasteiger partial charge in [-0.15, -0.1) is 0 Å². The van der Waals surface area contributed by atoms with E-state index in [0.717, 1.165) is 11.8 Å². The van der Waals surface area contributed by atoms with Crippen molar-refractivity contribution in [2.75, 3.05) is 6.54 Å². The fraction of sp³-hybridized carbons (Fsp3) is 0.267. The summed E-state index contributed by atoms with van der Waals surface area (Å²) in [5.41, 5.74) is -0.184. The predicted molar refractivity (Wildman–Crippen MR) is 73.4 cm³/mol. The number of carbonyl (C=O) groups excluding carboxylic acids is 2. The van der Waals surface area contributed by atoms with Crippen molar-refractivity contribution in [3.05, 3.63) is 47.0 Å². The largest absolute Gasteiger partial charge is 0.503 e. The van der Waals surface area contributed by atoms with Crippen molar-refractivity contribution in [2.24, 2.45) is 0 Å². The van der Waals surface area contributed by atoms with Gasteiger partial charge in [0.15, 0.2) is 11.5 Å². The number of aliphatic carboxylic acids is 1. The summed E-state index contributed by atoms with van der Waals surface area (Å²) in [5, 5.41) is 18.6. The molecule has 0 aliphatic carbocycles. The van der Waals surface area contributed by atoms with Crippen molar-refractivity contribution in [1.29, 1.82) is 0 Å². The highest BCUT2D eigenvalue weighted by atomic mass is 19.1. The van der Waals surface area contributed by atoms with Gasteiger partial charge in [-0.05, 0) is 13.0 Å². The van der Waals surface area contributed by atoms with Crippen LogP contribution in [-0.2, 0) is 14.4 Å². The second-order valence-corrected chi connectivity index (χ2v) is 4.88. The first kappa shape index (κ1) is 15.7. The molecule has 1 aromatic rings. The van der Waals surface area contributed by atoms with Crippen LogP contribution in [0.3, 0.4) is 0 Å². The van der Waals surface area contributed by atoms with E-state index in [2.05, 4.69) is 0 Å². The molecule has 22 heavy (non-hydrogen) atoms. The van der Waals surface area contributed by atoms with Crippen LogP contribution in [0.15, 0.2) is 35.6 Å². The summed E-state index contributed by atoms with van der Waals surface area (Å²) in [4.78, 5) is 35.5. The Kier molecular flexibility index (Phi) is 4.25. The third kappa shape index (κ3) is 2.69. The summed E-state index contributed by atoms with van der Waals surface area (Å²) in [6.45, 7) is 0.918. The van der Waals surface area contributed by atoms with Crippen molar-refractivity contribution < 1.29 is 29.0 Å². The molecule has 0 bridgehead atoms. The highest BCUT2D eigenvalue weighted by Gasteiger charge is 2.43. The van der Waals surface area contributed by atoms with Gasteiger partial charge in [-0.1, -0.05) is 18.2 Å². The monoisotopic (exact) mass is 307 g/mol. The molecule has 2 rings (SSSR count). The summed E-state index contributed by atoms with van der Waals surface area (Å²) in [6, 6.07) is 4.43. The van der Waals surface area contributed by atoms with E-state index in [1.54, 1.807) is 0 Å². The smallest absolute Gasteiger partial charge is 0.305 e. The van der Waals surface area contributed by atoms with Gasteiger partial charge in [0.1, 0.15) is 5.82 Å². The standard InChI is InChI=1S/C15H14FNO5/c1-8(18)12-13(9-4-2-3-5-10(9)16)17(7-6-11(19)20)15(22)14(12)21/h2-5,13,21H,6-7H2,1H3,(H,19,20)/t13-/m1/s1. The summed E-state index contributed by atoms with van der Waals surface area (Å²) in [6.07, 6.45) is -0.380. The van der Waals surface area contributed by atoms with Gasteiger partial charge >= 0.3 is 5.97 Å². The van der Waals surface area contributed by atoms with E-state index < -0.39 is 35.3 Å². The zero-order valence-corrected chi connectivity index (χ0v) is 11.7. The summed E-state index contributed by atoms with van der Waals surface area (Å²) in [7, 11) is 0. The van der Waals surface area contributed by atoms with Gasteiger partial charge in [-0.2, -0.15) is 0 Å². The minimum absolute atomic E-state index is 0.0375. The minimum Gasteiger partial charge on any atom is -0.503 e. The zero-order valence-electron chi connectivity index (χ0n) is 11.7. The van der Waals surface area contributed by atoms with E-state index in [0.29, 0.717) is 0 Å². The highest BCUT2D eigenvalue weighted by molar-refractivity contribution is 6.08. The lowest BCUT2D eigenvalue weighted by Crippen LogP contribution is -2.33. The third-order valence-electron chi connectivity index (χ3n) is 3.45. The van der Waals surface area contributed by atoms with Crippen molar-refractivity contribution in [3.63, 3.8) is 0 Å². The van der Waals surface area contributed by atoms with Crippen molar-refractivity contribution in [2.45, 2.75) is 19.4 Å². The molecule has 2 N–H and O–H groups in total. The second-order valence-electron chi connectivity index (χ2n) is 4.88. The Morgan fingerprint density at radius 1 is 1.32 bits per heavy atom. The van der Waals surface area contributed by atoms with E-state index in [9.17, 15) is 23.9 Å². The van der Waals surface area contributed by atoms with Gasteiger partial charge in [0.2, 0.25) is 0 Å². The van der Waals surface area contributed by atoms with Crippen LogP contribution in [0.2, 0.25) is 0 Å². The van der Waals surface area contributed by atoms with Gasteiger partial charge in [0.05, 0.1) is 18.0 Å². The second kappa shape index (κ2) is 5.97. The molecule has 1 aliphatic rings. The van der Waals surface area contributed by atoms with Crippen molar-refractivity contribution >= 4 is 17.7 Å². The summed E-state index contributed by atoms with van der Waals surface area (Å²) >= 11 is 0. The summed E-state index contributed by atoms with van der Waals surface area (Å²) < 4.78 is 14.0. The van der Waals surface area contributed by atoms with Crippen LogP contribution in [0.4, 0.5) is 4.39 Å². The Morgan fingerprint density at radius 2 is 1.95 bits per heavy atom. The van der Waals surface area contributed by atoms with Gasteiger partial charge in [0.25, 0.3) is 5.91 Å². The molecule has 116 valence electrons. The fourth-order valence-electron chi connectivity index (χ4n) is 2.48. The van der Waals surface area contributed by atoms with Crippen molar-refractivity contribution in [3.8, 4) is 0 Å². The number of carbonyl (C=O) groups is 3. The van der Waals surface area contributed by atoms with Gasteiger partial charge in [-0.3, -0.25) is 14.4 Å². The Balaban J connectivity index is 2.51. The minimum atomic E-state index is -1.14. The lowest BCUT2D eigenvalue weighted by molar-refractivity contribution is -0.138. The predicted octanol–water partition coefficient (Wildman–Crippen LogP) is 1.58. The van der Waals surface area contributed by atoms with E-state index >= 15 is 0 Å². The Labute approximate surface area is 125 Å². The number of amides is 1. The van der Waals surface area contributed by atoms with Gasteiger partial charge in [-0.25, -0.2) is 4.39 Å². The van der Waals surface area contributed by atoms with E-state index in [4.69, 9.17) is 5.11 Å². The highest BCUT2D eigenvalue weighted by Crippen LogP contribution is 2.38. The zero-order chi connectivity index (χ0) is 16.4. The van der Waals surface area contributed by atoms with Gasteiger partial charge < -0.3 is 15.1 Å². The fourth-order valence-corrected chi connectivity index (χ4v) is 2.48. The normalized spacial score (nSPS) is 18.0. The molecule has 0 saturated carbocycles. The van der Waals surface area contributed by atoms with E-state index in [-0.39, 0.29) is 24.1 Å². The number of carboxylic acids is 1. The molecule has 0 radical (unpaired) electrons. The lowest BCUT2D eigenvalue weighted by atomic mass is 9.96. The number of aliphatic hydroxyl groups excluding tert-OH is 1. The Morgan fingerprint density at radius 3 is 2.50 bits per heavy atom. The average molecular weight is 307 g/mol. The molecule has 1 aliphatic heterocycles. The molecule has 1 amide bonds. The molecule has 1 aromatic carbocycles. The molecule has 1 atom stereocenters. The number of carboxylic acid groups (broad SMARTS) is 1. The summed E-state index contributed by atoms with van der Waals surface area (Å²) in [5.74, 6) is -3.99. The molecule has 0 spiro atoms. The molecule has 0 unspecified atom stereocenters. The SMILES string of the molecule is CC(=O)C1=C(O)C(=O)N(CCC(=O)O)[C@@H]1c1ccccc1F. The number of hydrogen-bond acceptors (Lipinski definition) is 4. The molecule has 0 aromatic heterocycles. The first-order chi connectivity index (χ1) is 10.3. The van der Waals surface area contributed by atoms with Crippen molar-refractivity contribution in [1.82, 2.24) is 4.90 Å². The van der Waals surface area contributed by atoms with Crippen LogP contribution < -0.4 is 0 Å². The maximum atomic E-state index is 14.0. The average Bonchev–Trinajstić information content (AvgIpc) is 2.69. The molecule has 6 nitrogen and oxygen atoms in total. The maximum Gasteiger partial charge on any atom is 0.305 e. The molecule has 0 saturated heterocycles. The third-order valence-corrected chi connectivity index (χ3v) is 3.45. The molecular formula is C15H14FNO5. The topological polar surface area (TPSA) is 94.9 Å². The van der Waals surface area contributed by atoms with Crippen LogP contribution in [0, 0.1) is 5.82 Å². The van der Waals surface area contributed by atoms with Crippen LogP contribution in [0.25, 0.3) is 0 Å². The van der Waals surface area contributed by atoms with Crippen LogP contribution in [0.1, 0.15) is 24.9 Å². The van der Waals surface area contributed by atoms with E-state index in [1.807, 2.05) is 0 Å². The molecule has 7 heteroatoms. The van der Waals surface area contributed by atoms with Crippen LogP contribution in [-0.4, -0.2) is 39.3 Å². The number of aliphatic hydroxyl groups is 1. The van der Waals surface area contributed by atoms with E-state index in [1.165, 1.54) is 24.3 Å². The number of halogens is 1. The maximum absolute atomic E-state index is 14.0. The van der Waals surface area contributed by atoms with Crippen LogP contribution >= 0.6 is 0 Å². The first-order valence-electron chi connectivity index (χ1n) is 6.55. The molecule has 0 fully saturated rings. The van der Waals surface area contributed by atoms with Gasteiger partial charge in [0, 0.05) is 12.1 Å². The number of benzene rings is 1. The Hall–Kier alpha value is -2.70. The number of Topliss-reactive ketones (excluding diaryl/α,β-unsaturated/α-hetero) is 1. The number of hydrogen-bond donors (Lipinski definition) is 2.